The minimum atomic E-state index is 0.196. The van der Waals surface area contributed by atoms with Gasteiger partial charge in [-0.15, -0.1) is 5.10 Å². The highest BCUT2D eigenvalue weighted by molar-refractivity contribution is 5.75. The molecule has 2 N–H and O–H groups in total. The van der Waals surface area contributed by atoms with Crippen LogP contribution in [0.3, 0.4) is 0 Å². The molecular weight excluding hydrogens is 268 g/mol. The predicted molar refractivity (Wildman–Crippen MR) is 78.1 cm³/mol. The Hall–Kier alpha value is -2.77. The Morgan fingerprint density at radius 3 is 2.57 bits per heavy atom. The summed E-state index contributed by atoms with van der Waals surface area (Å²) >= 11 is 0. The topological polar surface area (TPSA) is 98.6 Å². The molecule has 0 unspecified atom stereocenters. The van der Waals surface area contributed by atoms with Crippen molar-refractivity contribution in [2.75, 3.05) is 23.7 Å². The second-order valence-electron chi connectivity index (χ2n) is 4.98. The smallest absolute Gasteiger partial charge is 0.259 e. The Morgan fingerprint density at radius 2 is 1.71 bits per heavy atom. The van der Waals surface area contributed by atoms with E-state index in [0.717, 1.165) is 37.0 Å². The summed E-state index contributed by atoms with van der Waals surface area (Å²) in [5.74, 6) is 1.20. The Balaban J connectivity index is 1.84. The molecule has 1 aliphatic heterocycles. The third kappa shape index (κ3) is 2.04. The van der Waals surface area contributed by atoms with E-state index in [1.165, 1.54) is 0 Å². The molecule has 3 aromatic rings. The summed E-state index contributed by atoms with van der Waals surface area (Å²) in [4.78, 5) is 15.0. The first-order chi connectivity index (χ1) is 10.3. The Bertz CT molecular complexity index is 790. The van der Waals surface area contributed by atoms with E-state index in [1.807, 2.05) is 24.3 Å². The molecule has 1 saturated heterocycles. The number of nitrogen functional groups attached to an aromatic ring is 1. The van der Waals surface area contributed by atoms with E-state index in [4.69, 9.17) is 5.73 Å². The molecule has 0 spiro atoms. The van der Waals surface area contributed by atoms with Gasteiger partial charge < -0.3 is 10.6 Å². The molecule has 1 fully saturated rings. The number of benzene rings is 1. The molecule has 1 aliphatic rings. The van der Waals surface area contributed by atoms with E-state index in [1.54, 1.807) is 4.68 Å². The van der Waals surface area contributed by atoms with Crippen molar-refractivity contribution >= 4 is 22.9 Å². The summed E-state index contributed by atoms with van der Waals surface area (Å²) in [6.07, 6.45) is 2.29. The number of anilines is 2. The first kappa shape index (κ1) is 12.0. The predicted octanol–water partition coefficient (Wildman–Crippen LogP) is 0.788. The molecule has 4 rings (SSSR count). The summed E-state index contributed by atoms with van der Waals surface area (Å²) in [7, 11) is 0. The molecule has 0 amide bonds. The zero-order valence-electron chi connectivity index (χ0n) is 11.3. The van der Waals surface area contributed by atoms with Gasteiger partial charge in [-0.25, -0.2) is 0 Å². The average Bonchev–Trinajstić information content (AvgIpc) is 3.16. The maximum absolute atomic E-state index is 5.83. The van der Waals surface area contributed by atoms with Crippen LogP contribution in [0, 0.1) is 0 Å². The number of nitrogens with zero attached hydrogens (tertiary/aromatic N) is 7. The standard InChI is InChI=1S/C13H14N8/c14-11-15-12(20-7-3-4-8-20)17-13(16-11)21-10-6-2-1-5-9(10)18-19-21/h1-2,5-6H,3-4,7-8H2,(H2,14,15,16,17). The maximum atomic E-state index is 5.83. The molecule has 1 aromatic carbocycles. The van der Waals surface area contributed by atoms with Crippen molar-refractivity contribution in [3.05, 3.63) is 24.3 Å². The van der Waals surface area contributed by atoms with Crippen molar-refractivity contribution in [3.8, 4) is 5.95 Å². The second kappa shape index (κ2) is 4.65. The van der Waals surface area contributed by atoms with Gasteiger partial charge in [0.2, 0.25) is 11.9 Å². The monoisotopic (exact) mass is 282 g/mol. The van der Waals surface area contributed by atoms with Gasteiger partial charge in [-0.1, -0.05) is 17.3 Å². The van der Waals surface area contributed by atoms with Crippen LogP contribution in [-0.2, 0) is 0 Å². The number of nitrogens with two attached hydrogens (primary N) is 1. The molecular formula is C13H14N8. The molecule has 2 aromatic heterocycles. The van der Waals surface area contributed by atoms with E-state index in [0.29, 0.717) is 11.9 Å². The molecule has 0 saturated carbocycles. The van der Waals surface area contributed by atoms with E-state index < -0.39 is 0 Å². The van der Waals surface area contributed by atoms with Crippen molar-refractivity contribution in [2.45, 2.75) is 12.8 Å². The lowest BCUT2D eigenvalue weighted by molar-refractivity contribution is 0.758. The molecule has 0 atom stereocenters. The van der Waals surface area contributed by atoms with Crippen molar-refractivity contribution in [3.63, 3.8) is 0 Å². The SMILES string of the molecule is Nc1nc(N2CCCC2)nc(-n2nnc3ccccc32)n1. The van der Waals surface area contributed by atoms with Crippen LogP contribution in [-0.4, -0.2) is 43.0 Å². The first-order valence-corrected chi connectivity index (χ1v) is 6.88. The van der Waals surface area contributed by atoms with Crippen LogP contribution >= 0.6 is 0 Å². The van der Waals surface area contributed by atoms with Gasteiger partial charge in [0.1, 0.15) is 5.52 Å². The van der Waals surface area contributed by atoms with Gasteiger partial charge in [0, 0.05) is 13.1 Å². The molecule has 21 heavy (non-hydrogen) atoms. The molecule has 8 nitrogen and oxygen atoms in total. The number of hydrogen-bond acceptors (Lipinski definition) is 7. The highest BCUT2D eigenvalue weighted by Gasteiger charge is 2.18. The largest absolute Gasteiger partial charge is 0.368 e. The van der Waals surface area contributed by atoms with Crippen molar-refractivity contribution in [2.24, 2.45) is 0 Å². The molecule has 0 aliphatic carbocycles. The van der Waals surface area contributed by atoms with Crippen LogP contribution in [0.25, 0.3) is 17.0 Å². The lowest BCUT2D eigenvalue weighted by atomic mass is 10.3. The van der Waals surface area contributed by atoms with Crippen molar-refractivity contribution < 1.29 is 0 Å². The second-order valence-corrected chi connectivity index (χ2v) is 4.98. The maximum Gasteiger partial charge on any atom is 0.259 e. The van der Waals surface area contributed by atoms with Crippen LogP contribution < -0.4 is 10.6 Å². The van der Waals surface area contributed by atoms with Crippen molar-refractivity contribution in [1.82, 2.24) is 29.9 Å². The van der Waals surface area contributed by atoms with Crippen LogP contribution in [0.2, 0.25) is 0 Å². The van der Waals surface area contributed by atoms with Crippen LogP contribution in [0.1, 0.15) is 12.8 Å². The molecule has 106 valence electrons. The lowest BCUT2D eigenvalue weighted by Crippen LogP contribution is -2.22. The Kier molecular flexibility index (Phi) is 2.66. The normalized spacial score (nSPS) is 15.0. The van der Waals surface area contributed by atoms with Gasteiger partial charge in [-0.2, -0.15) is 19.6 Å². The Morgan fingerprint density at radius 1 is 0.952 bits per heavy atom. The van der Waals surface area contributed by atoms with Gasteiger partial charge in [0.25, 0.3) is 5.95 Å². The van der Waals surface area contributed by atoms with Gasteiger partial charge in [-0.3, -0.25) is 0 Å². The zero-order chi connectivity index (χ0) is 14.2. The fraction of sp³-hybridized carbons (Fsp3) is 0.308. The van der Waals surface area contributed by atoms with Crippen LogP contribution in [0.15, 0.2) is 24.3 Å². The zero-order valence-corrected chi connectivity index (χ0v) is 11.3. The van der Waals surface area contributed by atoms with Gasteiger partial charge >= 0.3 is 0 Å². The molecule has 0 bridgehead atoms. The fourth-order valence-corrected chi connectivity index (χ4v) is 2.54. The summed E-state index contributed by atoms with van der Waals surface area (Å²) in [6, 6.07) is 7.66. The number of aromatic nitrogens is 6. The quantitative estimate of drug-likeness (QED) is 0.741. The van der Waals surface area contributed by atoms with E-state index in [9.17, 15) is 0 Å². The summed E-state index contributed by atoms with van der Waals surface area (Å²) in [5.41, 5.74) is 7.46. The van der Waals surface area contributed by atoms with E-state index in [-0.39, 0.29) is 5.95 Å². The minimum absolute atomic E-state index is 0.196. The highest BCUT2D eigenvalue weighted by atomic mass is 15.5. The van der Waals surface area contributed by atoms with E-state index in [2.05, 4.69) is 30.2 Å². The number of hydrogen-bond donors (Lipinski definition) is 1. The molecule has 3 heterocycles. The average molecular weight is 282 g/mol. The minimum Gasteiger partial charge on any atom is -0.368 e. The number of para-hydroxylation sites is 1. The van der Waals surface area contributed by atoms with Gasteiger partial charge in [0.15, 0.2) is 0 Å². The Labute approximate surface area is 120 Å². The summed E-state index contributed by atoms with van der Waals surface area (Å²) in [6.45, 7) is 1.89. The number of rotatable bonds is 2. The number of fused-ring (bicyclic) bond motifs is 1. The highest BCUT2D eigenvalue weighted by Crippen LogP contribution is 2.19. The third-order valence-electron chi connectivity index (χ3n) is 3.56. The lowest BCUT2D eigenvalue weighted by Gasteiger charge is -2.15. The third-order valence-corrected chi connectivity index (χ3v) is 3.56. The van der Waals surface area contributed by atoms with Crippen molar-refractivity contribution in [1.29, 1.82) is 0 Å². The fourth-order valence-electron chi connectivity index (χ4n) is 2.54. The molecule has 0 radical (unpaired) electrons. The summed E-state index contributed by atoms with van der Waals surface area (Å²) in [5, 5.41) is 8.22. The van der Waals surface area contributed by atoms with E-state index >= 15 is 0 Å². The van der Waals surface area contributed by atoms with Crippen LogP contribution in [0.4, 0.5) is 11.9 Å². The van der Waals surface area contributed by atoms with Crippen LogP contribution in [0.5, 0.6) is 0 Å². The first-order valence-electron chi connectivity index (χ1n) is 6.88. The van der Waals surface area contributed by atoms with Gasteiger partial charge in [-0.05, 0) is 25.0 Å². The molecule has 8 heteroatoms. The summed E-state index contributed by atoms with van der Waals surface area (Å²) < 4.78 is 1.59. The van der Waals surface area contributed by atoms with Gasteiger partial charge in [0.05, 0.1) is 5.52 Å².